The van der Waals surface area contributed by atoms with Gasteiger partial charge in [-0.15, -0.1) is 0 Å². The molecule has 0 saturated carbocycles. The van der Waals surface area contributed by atoms with Crippen molar-refractivity contribution in [2.24, 2.45) is 0 Å². The second-order valence-electron chi connectivity index (χ2n) is 10.1. The van der Waals surface area contributed by atoms with E-state index in [0.717, 1.165) is 68.2 Å². The number of H-pyrrole nitrogens is 2. The highest BCUT2D eigenvalue weighted by Gasteiger charge is 2.23. The summed E-state index contributed by atoms with van der Waals surface area (Å²) in [6.45, 7) is 5.39. The van der Waals surface area contributed by atoms with Crippen LogP contribution in [0.2, 0.25) is 0 Å². The van der Waals surface area contributed by atoms with E-state index in [1.165, 1.54) is 16.5 Å². The zero-order valence-corrected chi connectivity index (χ0v) is 21.8. The number of para-hydroxylation sites is 1. The van der Waals surface area contributed by atoms with Crippen LogP contribution >= 0.6 is 0 Å². The number of piperidine rings is 1. The van der Waals surface area contributed by atoms with Gasteiger partial charge in [0.2, 0.25) is 5.56 Å². The van der Waals surface area contributed by atoms with E-state index in [1.807, 2.05) is 13.0 Å². The minimum atomic E-state index is -0.690. The average molecular weight is 514 g/mol. The number of fused-ring (bicyclic) bond motifs is 2. The van der Waals surface area contributed by atoms with Crippen molar-refractivity contribution in [3.05, 3.63) is 76.2 Å². The molecule has 2 aromatic heterocycles. The molecular formula is C30H35N5O3. The molecule has 4 aromatic rings. The van der Waals surface area contributed by atoms with Crippen LogP contribution in [0.5, 0.6) is 0 Å². The predicted octanol–water partition coefficient (Wildman–Crippen LogP) is 4.29. The lowest BCUT2D eigenvalue weighted by atomic mass is 9.89. The van der Waals surface area contributed by atoms with Crippen LogP contribution in [0, 0.1) is 0 Å². The number of hydrogen-bond donors (Lipinski definition) is 4. The molecule has 0 aliphatic carbocycles. The number of anilines is 1. The molecule has 38 heavy (non-hydrogen) atoms. The molecule has 8 heteroatoms. The second-order valence-corrected chi connectivity index (χ2v) is 10.1. The van der Waals surface area contributed by atoms with Crippen LogP contribution < -0.4 is 16.2 Å². The van der Waals surface area contributed by atoms with E-state index < -0.39 is 11.8 Å². The molecule has 0 bridgehead atoms. The highest BCUT2D eigenvalue weighted by atomic mass is 16.2. The number of likely N-dealkylation sites (tertiary alicyclic amines) is 1. The lowest BCUT2D eigenvalue weighted by molar-refractivity contribution is -0.136. The fraction of sp³-hybridized carbons (Fsp3) is 0.367. The minimum absolute atomic E-state index is 0.141. The highest BCUT2D eigenvalue weighted by Crippen LogP contribution is 2.33. The Bertz CT molecular complexity index is 1500. The zero-order valence-electron chi connectivity index (χ0n) is 21.8. The third-order valence-electron chi connectivity index (χ3n) is 7.55. The number of hydrogen-bond acceptors (Lipinski definition) is 4. The van der Waals surface area contributed by atoms with Gasteiger partial charge in [0.1, 0.15) is 0 Å². The largest absolute Gasteiger partial charge is 0.361 e. The van der Waals surface area contributed by atoms with Crippen molar-refractivity contribution in [3.63, 3.8) is 0 Å². The Kier molecular flexibility index (Phi) is 7.89. The molecule has 2 aromatic carbocycles. The fourth-order valence-corrected chi connectivity index (χ4v) is 5.43. The summed E-state index contributed by atoms with van der Waals surface area (Å²) in [5.41, 5.74) is 4.65. The molecular weight excluding hydrogens is 478 g/mol. The van der Waals surface area contributed by atoms with E-state index in [1.54, 1.807) is 18.2 Å². The van der Waals surface area contributed by atoms with Gasteiger partial charge in [-0.2, -0.15) is 0 Å². The Balaban J connectivity index is 1.22. The van der Waals surface area contributed by atoms with Crippen molar-refractivity contribution in [2.75, 3.05) is 31.5 Å². The van der Waals surface area contributed by atoms with Gasteiger partial charge in [-0.25, -0.2) is 0 Å². The summed E-state index contributed by atoms with van der Waals surface area (Å²) < 4.78 is 0. The van der Waals surface area contributed by atoms with Crippen LogP contribution in [0.4, 0.5) is 5.69 Å². The Morgan fingerprint density at radius 2 is 1.82 bits per heavy atom. The lowest BCUT2D eigenvalue weighted by Crippen LogP contribution is -2.35. The van der Waals surface area contributed by atoms with Gasteiger partial charge in [-0.05, 0) is 80.1 Å². The summed E-state index contributed by atoms with van der Waals surface area (Å²) in [4.78, 5) is 45.4. The maximum atomic E-state index is 12.3. The number of aromatic nitrogens is 2. The van der Waals surface area contributed by atoms with Crippen LogP contribution in [0.25, 0.3) is 21.8 Å². The molecule has 0 spiro atoms. The molecule has 3 heterocycles. The number of carbonyl (C=O) groups is 2. The number of carbonyl (C=O) groups excluding carboxylic acids is 2. The topological polar surface area (TPSA) is 110 Å². The number of nitrogens with zero attached hydrogens (tertiary/aromatic N) is 1. The van der Waals surface area contributed by atoms with Crippen molar-refractivity contribution < 1.29 is 9.59 Å². The zero-order chi connectivity index (χ0) is 26.5. The first-order valence-corrected chi connectivity index (χ1v) is 13.6. The molecule has 0 unspecified atom stereocenters. The minimum Gasteiger partial charge on any atom is -0.361 e. The smallest absolute Gasteiger partial charge is 0.313 e. The molecule has 1 saturated heterocycles. The van der Waals surface area contributed by atoms with E-state index in [-0.39, 0.29) is 5.56 Å². The maximum absolute atomic E-state index is 12.3. The third kappa shape index (κ3) is 5.81. The highest BCUT2D eigenvalue weighted by molar-refractivity contribution is 6.39. The average Bonchev–Trinajstić information content (AvgIpc) is 3.36. The molecule has 0 atom stereocenters. The van der Waals surface area contributed by atoms with Crippen LogP contribution in [0.3, 0.4) is 0 Å². The van der Waals surface area contributed by atoms with Crippen LogP contribution in [0.1, 0.15) is 49.7 Å². The molecule has 8 nitrogen and oxygen atoms in total. The molecule has 2 amide bonds. The second kappa shape index (κ2) is 11.6. The Labute approximate surface area is 221 Å². The fourth-order valence-electron chi connectivity index (χ4n) is 5.43. The third-order valence-corrected chi connectivity index (χ3v) is 7.55. The van der Waals surface area contributed by atoms with Gasteiger partial charge in [0.05, 0.1) is 0 Å². The van der Waals surface area contributed by atoms with Gasteiger partial charge in [0, 0.05) is 52.8 Å². The SMILES string of the molecule is CCCCNC(=O)C(=O)Nc1ccc2[nH]c(=O)cc(CCN3CCC(c4c[nH]c5ccccc45)CC3)c2c1. The molecule has 4 N–H and O–H groups in total. The lowest BCUT2D eigenvalue weighted by Gasteiger charge is -2.32. The monoisotopic (exact) mass is 513 g/mol. The van der Waals surface area contributed by atoms with Crippen molar-refractivity contribution in [1.29, 1.82) is 0 Å². The molecule has 5 rings (SSSR count). The molecule has 1 fully saturated rings. The Morgan fingerprint density at radius 3 is 2.63 bits per heavy atom. The summed E-state index contributed by atoms with van der Waals surface area (Å²) in [6.07, 6.45) is 6.87. The summed E-state index contributed by atoms with van der Waals surface area (Å²) in [5, 5.41) is 7.51. The summed E-state index contributed by atoms with van der Waals surface area (Å²) in [6, 6.07) is 15.4. The molecule has 1 aliphatic rings. The van der Waals surface area contributed by atoms with Crippen LogP contribution in [0.15, 0.2) is 59.5 Å². The van der Waals surface area contributed by atoms with Gasteiger partial charge in [0.15, 0.2) is 0 Å². The van der Waals surface area contributed by atoms with Crippen LogP contribution in [-0.2, 0) is 16.0 Å². The van der Waals surface area contributed by atoms with E-state index in [2.05, 4.69) is 56.0 Å². The predicted molar refractivity (Wildman–Crippen MR) is 152 cm³/mol. The van der Waals surface area contributed by atoms with Crippen molar-refractivity contribution in [1.82, 2.24) is 20.2 Å². The van der Waals surface area contributed by atoms with Crippen molar-refractivity contribution in [2.45, 2.75) is 44.9 Å². The van der Waals surface area contributed by atoms with E-state index in [4.69, 9.17) is 0 Å². The van der Waals surface area contributed by atoms with Crippen molar-refractivity contribution in [3.8, 4) is 0 Å². The molecule has 198 valence electrons. The quantitative estimate of drug-likeness (QED) is 0.208. The maximum Gasteiger partial charge on any atom is 0.313 e. The molecule has 0 radical (unpaired) electrons. The number of unbranched alkanes of at least 4 members (excludes halogenated alkanes) is 1. The van der Waals surface area contributed by atoms with Gasteiger partial charge in [-0.1, -0.05) is 31.5 Å². The van der Waals surface area contributed by atoms with Gasteiger partial charge < -0.3 is 25.5 Å². The molecule has 1 aliphatic heterocycles. The Morgan fingerprint density at radius 1 is 1.00 bits per heavy atom. The first-order chi connectivity index (χ1) is 18.5. The number of benzene rings is 2. The van der Waals surface area contributed by atoms with Gasteiger partial charge >= 0.3 is 11.8 Å². The van der Waals surface area contributed by atoms with E-state index in [0.29, 0.717) is 18.2 Å². The van der Waals surface area contributed by atoms with Gasteiger partial charge in [-0.3, -0.25) is 14.4 Å². The number of aromatic amines is 2. The summed E-state index contributed by atoms with van der Waals surface area (Å²) in [5.74, 6) is -0.783. The first-order valence-electron chi connectivity index (χ1n) is 13.6. The van der Waals surface area contributed by atoms with Crippen molar-refractivity contribution >= 4 is 39.3 Å². The van der Waals surface area contributed by atoms with E-state index >= 15 is 0 Å². The number of rotatable bonds is 8. The normalized spacial score (nSPS) is 14.7. The number of amides is 2. The first kappa shape index (κ1) is 25.7. The summed E-state index contributed by atoms with van der Waals surface area (Å²) in [7, 11) is 0. The Hall–Kier alpha value is -3.91. The standard InChI is InChI=1S/C30H35N5O3/c1-2-3-13-31-29(37)30(38)33-22-8-9-27-24(18-22)21(17-28(36)34-27)12-16-35-14-10-20(11-15-35)25-19-32-26-7-5-4-6-23(25)26/h4-9,17-20,32H,2-3,10-16H2,1H3,(H,31,37)(H,33,38)(H,34,36). The van der Waals surface area contributed by atoms with Crippen LogP contribution in [-0.4, -0.2) is 52.9 Å². The van der Waals surface area contributed by atoms with E-state index in [9.17, 15) is 14.4 Å². The number of nitrogens with one attached hydrogen (secondary N) is 4. The number of pyridine rings is 1. The van der Waals surface area contributed by atoms with Gasteiger partial charge in [0.25, 0.3) is 0 Å². The summed E-state index contributed by atoms with van der Waals surface area (Å²) >= 11 is 0.